The molecule has 5 nitrogen and oxygen atoms in total. The average molecular weight is 234 g/mol. The maximum atomic E-state index is 5.59. The van der Waals surface area contributed by atoms with Gasteiger partial charge in [0.05, 0.1) is 5.69 Å². The van der Waals surface area contributed by atoms with Crippen LogP contribution in [0.15, 0.2) is 18.5 Å². The molecule has 0 aromatic carbocycles. The molecule has 1 saturated heterocycles. The molecule has 3 rings (SSSR count). The van der Waals surface area contributed by atoms with E-state index in [1.54, 1.807) is 0 Å². The quantitative estimate of drug-likeness (QED) is 0.861. The first-order chi connectivity index (χ1) is 8.38. The molecule has 0 unspecified atom stereocenters. The van der Waals surface area contributed by atoms with Crippen molar-refractivity contribution in [3.05, 3.63) is 24.2 Å². The first kappa shape index (κ1) is 10.8. The zero-order valence-corrected chi connectivity index (χ0v) is 9.88. The molecular weight excluding hydrogens is 216 g/mol. The highest BCUT2D eigenvalue weighted by atomic mass is 16.5. The minimum Gasteiger partial charge on any atom is -0.381 e. The van der Waals surface area contributed by atoms with E-state index in [1.807, 2.05) is 16.9 Å². The van der Waals surface area contributed by atoms with Crippen LogP contribution in [0.3, 0.4) is 0 Å². The third-order valence-electron chi connectivity index (χ3n) is 3.43. The van der Waals surface area contributed by atoms with Gasteiger partial charge in [0, 0.05) is 50.7 Å². The Balaban J connectivity index is 1.90. The van der Waals surface area contributed by atoms with E-state index in [0.717, 1.165) is 38.2 Å². The van der Waals surface area contributed by atoms with Crippen molar-refractivity contribution in [2.75, 3.05) is 19.8 Å². The van der Waals surface area contributed by atoms with E-state index in [2.05, 4.69) is 15.7 Å². The molecule has 2 aromatic rings. The number of fused-ring (bicyclic) bond motifs is 1. The second-order valence-electron chi connectivity index (χ2n) is 4.54. The number of nitrogens with two attached hydrogens (primary N) is 1. The Morgan fingerprint density at radius 2 is 2.18 bits per heavy atom. The Morgan fingerprint density at radius 1 is 1.35 bits per heavy atom. The molecule has 0 radical (unpaired) electrons. The molecule has 0 amide bonds. The first-order valence-electron chi connectivity index (χ1n) is 6.20. The van der Waals surface area contributed by atoms with Crippen molar-refractivity contribution in [2.45, 2.75) is 25.3 Å². The molecule has 2 aromatic heterocycles. The number of nitrogens with zero attached hydrogens (tertiary/aromatic N) is 3. The molecule has 1 aliphatic heterocycles. The standard InChI is InChI=1S/C12H18N4O/c13-3-4-15-5-6-16-12(15)9-11(14-16)10-1-7-17-8-2-10/h5-6,9-10H,1-4,7-8,13H2. The van der Waals surface area contributed by atoms with Crippen molar-refractivity contribution in [2.24, 2.45) is 5.73 Å². The lowest BCUT2D eigenvalue weighted by molar-refractivity contribution is 0.0844. The monoisotopic (exact) mass is 234 g/mol. The van der Waals surface area contributed by atoms with Gasteiger partial charge in [-0.15, -0.1) is 0 Å². The topological polar surface area (TPSA) is 57.5 Å². The van der Waals surface area contributed by atoms with E-state index >= 15 is 0 Å². The lowest BCUT2D eigenvalue weighted by Gasteiger charge is -2.19. The summed E-state index contributed by atoms with van der Waals surface area (Å²) < 4.78 is 9.48. The van der Waals surface area contributed by atoms with Crippen LogP contribution in [0.1, 0.15) is 24.5 Å². The molecule has 3 heterocycles. The minimum absolute atomic E-state index is 0.551. The third-order valence-corrected chi connectivity index (χ3v) is 3.43. The normalized spacial score (nSPS) is 17.9. The van der Waals surface area contributed by atoms with Gasteiger partial charge >= 0.3 is 0 Å². The van der Waals surface area contributed by atoms with Gasteiger partial charge in [0.2, 0.25) is 0 Å². The second kappa shape index (κ2) is 4.50. The maximum absolute atomic E-state index is 5.59. The van der Waals surface area contributed by atoms with Crippen LogP contribution in [0.5, 0.6) is 0 Å². The Labute approximate surface area is 100 Å². The lowest BCUT2D eigenvalue weighted by Crippen LogP contribution is -2.14. The number of aromatic nitrogens is 3. The SMILES string of the molecule is NCCn1ccn2nc(C3CCOCC3)cc12. The summed E-state index contributed by atoms with van der Waals surface area (Å²) in [6, 6.07) is 2.19. The summed E-state index contributed by atoms with van der Waals surface area (Å²) >= 11 is 0. The minimum atomic E-state index is 0.551. The van der Waals surface area contributed by atoms with E-state index in [4.69, 9.17) is 10.5 Å². The van der Waals surface area contributed by atoms with Gasteiger partial charge in [0.15, 0.2) is 0 Å². The van der Waals surface area contributed by atoms with Gasteiger partial charge in [-0.1, -0.05) is 0 Å². The maximum Gasteiger partial charge on any atom is 0.136 e. The Kier molecular flexibility index (Phi) is 2.86. The molecule has 0 spiro atoms. The van der Waals surface area contributed by atoms with E-state index in [1.165, 1.54) is 5.69 Å². The molecule has 1 aliphatic rings. The molecule has 5 heteroatoms. The summed E-state index contributed by atoms with van der Waals surface area (Å²) in [5.74, 6) is 0.551. The number of rotatable bonds is 3. The van der Waals surface area contributed by atoms with Gasteiger partial charge in [-0.25, -0.2) is 4.52 Å². The van der Waals surface area contributed by atoms with Crippen LogP contribution in [-0.2, 0) is 11.3 Å². The van der Waals surface area contributed by atoms with Gasteiger partial charge in [-0.2, -0.15) is 5.10 Å². The summed E-state index contributed by atoms with van der Waals surface area (Å²) in [5.41, 5.74) is 7.92. The van der Waals surface area contributed by atoms with Crippen molar-refractivity contribution in [1.82, 2.24) is 14.2 Å². The smallest absolute Gasteiger partial charge is 0.136 e. The van der Waals surface area contributed by atoms with Gasteiger partial charge in [-0.3, -0.25) is 0 Å². The van der Waals surface area contributed by atoms with Crippen molar-refractivity contribution >= 4 is 5.65 Å². The Morgan fingerprint density at radius 3 is 2.94 bits per heavy atom. The first-order valence-corrected chi connectivity index (χ1v) is 6.20. The largest absolute Gasteiger partial charge is 0.381 e. The summed E-state index contributed by atoms with van der Waals surface area (Å²) in [5, 5.41) is 4.64. The van der Waals surface area contributed by atoms with Gasteiger partial charge < -0.3 is 15.0 Å². The van der Waals surface area contributed by atoms with Crippen LogP contribution in [0.4, 0.5) is 0 Å². The zero-order valence-electron chi connectivity index (χ0n) is 9.88. The highest BCUT2D eigenvalue weighted by Crippen LogP contribution is 2.26. The number of hydrogen-bond donors (Lipinski definition) is 1. The molecule has 92 valence electrons. The highest BCUT2D eigenvalue weighted by molar-refractivity contribution is 5.42. The molecule has 0 saturated carbocycles. The molecule has 0 bridgehead atoms. The van der Waals surface area contributed by atoms with Crippen molar-refractivity contribution in [3.63, 3.8) is 0 Å². The van der Waals surface area contributed by atoms with E-state index in [-0.39, 0.29) is 0 Å². The van der Waals surface area contributed by atoms with Crippen LogP contribution in [-0.4, -0.2) is 33.9 Å². The van der Waals surface area contributed by atoms with Gasteiger partial charge in [0.25, 0.3) is 0 Å². The summed E-state index contributed by atoms with van der Waals surface area (Å²) in [6.45, 7) is 3.21. The zero-order chi connectivity index (χ0) is 11.7. The van der Waals surface area contributed by atoms with Crippen LogP contribution >= 0.6 is 0 Å². The second-order valence-corrected chi connectivity index (χ2v) is 4.54. The number of ether oxygens (including phenoxy) is 1. The van der Waals surface area contributed by atoms with Crippen LogP contribution < -0.4 is 5.73 Å². The van der Waals surface area contributed by atoms with Crippen LogP contribution in [0, 0.1) is 0 Å². The number of hydrogen-bond acceptors (Lipinski definition) is 3. The molecule has 2 N–H and O–H groups in total. The predicted octanol–water partition coefficient (Wildman–Crippen LogP) is 0.988. The Hall–Kier alpha value is -1.33. The predicted molar refractivity (Wildman–Crippen MR) is 65.0 cm³/mol. The molecule has 0 atom stereocenters. The summed E-state index contributed by atoms with van der Waals surface area (Å²) in [6.07, 6.45) is 6.19. The van der Waals surface area contributed by atoms with Gasteiger partial charge in [-0.05, 0) is 12.8 Å². The van der Waals surface area contributed by atoms with Crippen molar-refractivity contribution in [1.29, 1.82) is 0 Å². The molecular formula is C12H18N4O. The van der Waals surface area contributed by atoms with Crippen molar-refractivity contribution in [3.8, 4) is 0 Å². The molecule has 0 aliphatic carbocycles. The van der Waals surface area contributed by atoms with Crippen molar-refractivity contribution < 1.29 is 4.74 Å². The summed E-state index contributed by atoms with van der Waals surface area (Å²) in [7, 11) is 0. The fourth-order valence-electron chi connectivity index (χ4n) is 2.47. The van der Waals surface area contributed by atoms with E-state index in [9.17, 15) is 0 Å². The summed E-state index contributed by atoms with van der Waals surface area (Å²) in [4.78, 5) is 0. The molecule has 17 heavy (non-hydrogen) atoms. The van der Waals surface area contributed by atoms with E-state index in [0.29, 0.717) is 12.5 Å². The van der Waals surface area contributed by atoms with E-state index < -0.39 is 0 Å². The van der Waals surface area contributed by atoms with Crippen LogP contribution in [0.25, 0.3) is 5.65 Å². The fraction of sp³-hybridized carbons (Fsp3) is 0.583. The highest BCUT2D eigenvalue weighted by Gasteiger charge is 2.19. The third kappa shape index (κ3) is 1.96. The number of imidazole rings is 1. The Bertz CT molecular complexity index is 496. The lowest BCUT2D eigenvalue weighted by atomic mass is 9.97. The average Bonchev–Trinajstić information content (AvgIpc) is 2.93. The molecule has 1 fully saturated rings. The van der Waals surface area contributed by atoms with Gasteiger partial charge in [0.1, 0.15) is 5.65 Å². The van der Waals surface area contributed by atoms with Crippen LogP contribution in [0.2, 0.25) is 0 Å². The fourth-order valence-corrected chi connectivity index (χ4v) is 2.47.